The molecule has 0 atom stereocenters. The molecular weight excluding hydrogens is 503 g/mol. The molecule has 0 bridgehead atoms. The van der Waals surface area contributed by atoms with Gasteiger partial charge in [-0.25, -0.2) is 4.98 Å². The molecule has 192 valence electrons. The maximum absolute atomic E-state index is 13.2. The Bertz CT molecular complexity index is 1450. The number of pyridine rings is 1. The van der Waals surface area contributed by atoms with Gasteiger partial charge in [0.15, 0.2) is 0 Å². The lowest BCUT2D eigenvalue weighted by molar-refractivity contribution is -0.137. The number of hydrogen-bond acceptors (Lipinski definition) is 5. The minimum Gasteiger partial charge on any atom is -0.487 e. The van der Waals surface area contributed by atoms with Crippen molar-refractivity contribution >= 4 is 34.0 Å². The largest absolute Gasteiger partial charge is 0.487 e. The maximum Gasteiger partial charge on any atom is 0.416 e. The molecule has 0 aliphatic carbocycles. The van der Waals surface area contributed by atoms with Gasteiger partial charge in [-0.2, -0.15) is 13.2 Å². The molecule has 0 spiro atoms. The molecule has 2 heterocycles. The maximum atomic E-state index is 13.2. The SMILES string of the molecule is Cc1cccc(COc2cc(C(F)(F)F)ccc2Cl)c1-c1ccc2nc(N)c(N3CCOCC3)cc2c1. The van der Waals surface area contributed by atoms with Crippen LogP contribution in [0, 0.1) is 6.92 Å². The number of rotatable bonds is 5. The van der Waals surface area contributed by atoms with E-state index in [4.69, 9.17) is 26.8 Å². The van der Waals surface area contributed by atoms with E-state index in [1.54, 1.807) is 0 Å². The Labute approximate surface area is 217 Å². The Morgan fingerprint density at radius 2 is 1.84 bits per heavy atom. The van der Waals surface area contributed by atoms with Crippen molar-refractivity contribution in [3.05, 3.63) is 82.4 Å². The van der Waals surface area contributed by atoms with E-state index in [1.165, 1.54) is 6.07 Å². The van der Waals surface area contributed by atoms with E-state index in [0.29, 0.717) is 19.0 Å². The number of nitrogens with two attached hydrogens (primary N) is 1. The highest BCUT2D eigenvalue weighted by molar-refractivity contribution is 6.32. The van der Waals surface area contributed by atoms with E-state index < -0.39 is 11.7 Å². The molecule has 1 fully saturated rings. The van der Waals surface area contributed by atoms with E-state index in [9.17, 15) is 13.2 Å². The van der Waals surface area contributed by atoms with Crippen LogP contribution in [0.25, 0.3) is 22.0 Å². The first kappa shape index (κ1) is 25.2. The highest BCUT2D eigenvalue weighted by atomic mass is 35.5. The predicted molar refractivity (Wildman–Crippen MR) is 140 cm³/mol. The van der Waals surface area contributed by atoms with Gasteiger partial charge < -0.3 is 20.1 Å². The fourth-order valence-corrected chi connectivity index (χ4v) is 4.77. The molecule has 37 heavy (non-hydrogen) atoms. The molecule has 1 aliphatic rings. The second-order valence-electron chi connectivity index (χ2n) is 8.94. The normalized spacial score (nSPS) is 14.2. The predicted octanol–water partition coefficient (Wildman–Crippen LogP) is 6.88. The van der Waals surface area contributed by atoms with Gasteiger partial charge in [-0.1, -0.05) is 35.9 Å². The average molecular weight is 528 g/mol. The summed E-state index contributed by atoms with van der Waals surface area (Å²) in [6.45, 7) is 4.80. The average Bonchev–Trinajstić information content (AvgIpc) is 2.87. The standard InChI is InChI=1S/C28H25ClF3N3O2/c1-17-3-2-4-19(16-37-25-15-21(28(30,31)32)6-7-22(25)29)26(17)18-5-8-23-20(13-18)14-24(27(33)34-23)35-9-11-36-12-10-35/h2-8,13-15H,9-12,16H2,1H3,(H2,33,34). The van der Waals surface area contributed by atoms with Crippen molar-refractivity contribution in [3.8, 4) is 16.9 Å². The van der Waals surface area contributed by atoms with Crippen LogP contribution in [0.2, 0.25) is 5.02 Å². The summed E-state index contributed by atoms with van der Waals surface area (Å²) in [5.74, 6) is 0.461. The number of benzene rings is 3. The number of hydrogen-bond donors (Lipinski definition) is 1. The monoisotopic (exact) mass is 527 g/mol. The number of ether oxygens (including phenoxy) is 2. The molecule has 1 aliphatic heterocycles. The Hall–Kier alpha value is -3.49. The third-order valence-electron chi connectivity index (χ3n) is 6.46. The van der Waals surface area contributed by atoms with Crippen LogP contribution in [0.1, 0.15) is 16.7 Å². The second kappa shape index (κ2) is 10.1. The molecule has 0 unspecified atom stereocenters. The molecule has 0 saturated carbocycles. The van der Waals surface area contributed by atoms with Gasteiger partial charge in [0.2, 0.25) is 0 Å². The number of morpholine rings is 1. The fraction of sp³-hybridized carbons (Fsp3) is 0.250. The highest BCUT2D eigenvalue weighted by Crippen LogP contribution is 2.37. The van der Waals surface area contributed by atoms with Gasteiger partial charge in [0.05, 0.1) is 35.0 Å². The van der Waals surface area contributed by atoms with E-state index in [2.05, 4.69) is 16.0 Å². The number of halogens is 4. The number of nitrogens with zero attached hydrogens (tertiary/aromatic N) is 2. The van der Waals surface area contributed by atoms with Crippen LogP contribution in [-0.4, -0.2) is 31.3 Å². The molecule has 2 N–H and O–H groups in total. The fourth-order valence-electron chi connectivity index (χ4n) is 4.60. The number of anilines is 2. The zero-order valence-electron chi connectivity index (χ0n) is 20.1. The first-order chi connectivity index (χ1) is 17.7. The summed E-state index contributed by atoms with van der Waals surface area (Å²) >= 11 is 6.14. The van der Waals surface area contributed by atoms with Gasteiger partial charge in [0.1, 0.15) is 18.2 Å². The highest BCUT2D eigenvalue weighted by Gasteiger charge is 2.31. The van der Waals surface area contributed by atoms with Crippen molar-refractivity contribution in [2.75, 3.05) is 36.9 Å². The van der Waals surface area contributed by atoms with E-state index >= 15 is 0 Å². The van der Waals surface area contributed by atoms with Crippen molar-refractivity contribution < 1.29 is 22.6 Å². The van der Waals surface area contributed by atoms with Crippen LogP contribution in [0.3, 0.4) is 0 Å². The van der Waals surface area contributed by atoms with Crippen LogP contribution in [0.5, 0.6) is 5.75 Å². The third-order valence-corrected chi connectivity index (χ3v) is 6.78. The molecule has 4 aromatic rings. The van der Waals surface area contributed by atoms with Crippen LogP contribution < -0.4 is 15.4 Å². The summed E-state index contributed by atoms with van der Waals surface area (Å²) in [5.41, 5.74) is 10.8. The van der Waals surface area contributed by atoms with Crippen LogP contribution in [0.4, 0.5) is 24.7 Å². The molecule has 1 saturated heterocycles. The minimum absolute atomic E-state index is 0.0164. The molecule has 5 rings (SSSR count). The zero-order chi connectivity index (χ0) is 26.2. The molecule has 9 heteroatoms. The summed E-state index contributed by atoms with van der Waals surface area (Å²) in [6, 6.07) is 16.8. The van der Waals surface area contributed by atoms with Crippen LogP contribution in [0.15, 0.2) is 60.7 Å². The smallest absolute Gasteiger partial charge is 0.416 e. The molecule has 3 aromatic carbocycles. The van der Waals surface area contributed by atoms with Gasteiger partial charge in [0, 0.05) is 18.5 Å². The summed E-state index contributed by atoms with van der Waals surface area (Å²) in [4.78, 5) is 6.78. The first-order valence-corrected chi connectivity index (χ1v) is 12.2. The Morgan fingerprint density at radius 1 is 1.05 bits per heavy atom. The van der Waals surface area contributed by atoms with E-state index in [1.807, 2.05) is 43.3 Å². The van der Waals surface area contributed by atoms with Crippen molar-refractivity contribution in [3.63, 3.8) is 0 Å². The molecule has 5 nitrogen and oxygen atoms in total. The van der Waals surface area contributed by atoms with Crippen LogP contribution >= 0.6 is 11.6 Å². The lowest BCUT2D eigenvalue weighted by Gasteiger charge is -2.29. The van der Waals surface area contributed by atoms with Crippen LogP contribution in [-0.2, 0) is 17.5 Å². The van der Waals surface area contributed by atoms with Gasteiger partial charge in [-0.05, 0) is 65.6 Å². The molecule has 0 amide bonds. The van der Waals surface area contributed by atoms with Crippen molar-refractivity contribution in [2.45, 2.75) is 19.7 Å². The number of alkyl halides is 3. The van der Waals surface area contributed by atoms with E-state index in [0.717, 1.165) is 64.1 Å². The quantitative estimate of drug-likeness (QED) is 0.306. The van der Waals surface area contributed by atoms with Gasteiger partial charge >= 0.3 is 6.18 Å². The Morgan fingerprint density at radius 3 is 2.59 bits per heavy atom. The molecular formula is C28H25ClF3N3O2. The molecule has 1 aromatic heterocycles. The summed E-state index contributed by atoms with van der Waals surface area (Å²) in [5, 5.41) is 1.05. The van der Waals surface area contributed by atoms with Gasteiger partial charge in [-0.3, -0.25) is 0 Å². The summed E-state index contributed by atoms with van der Waals surface area (Å²) in [6.07, 6.45) is -4.49. The number of aromatic nitrogens is 1. The Balaban J connectivity index is 1.49. The number of fused-ring (bicyclic) bond motifs is 1. The van der Waals surface area contributed by atoms with Crippen molar-refractivity contribution in [1.29, 1.82) is 0 Å². The molecule has 0 radical (unpaired) electrons. The lowest BCUT2D eigenvalue weighted by atomic mass is 9.94. The van der Waals surface area contributed by atoms with Crippen molar-refractivity contribution in [2.24, 2.45) is 0 Å². The van der Waals surface area contributed by atoms with Crippen molar-refractivity contribution in [1.82, 2.24) is 4.98 Å². The number of nitrogen functional groups attached to an aromatic ring is 1. The topological polar surface area (TPSA) is 60.6 Å². The minimum atomic E-state index is -4.49. The Kier molecular flexibility index (Phi) is 6.88. The number of aryl methyl sites for hydroxylation is 1. The summed E-state index contributed by atoms with van der Waals surface area (Å²) < 4.78 is 50.8. The lowest BCUT2D eigenvalue weighted by Crippen LogP contribution is -2.36. The second-order valence-corrected chi connectivity index (χ2v) is 9.35. The third kappa shape index (κ3) is 5.31. The summed E-state index contributed by atoms with van der Waals surface area (Å²) in [7, 11) is 0. The van der Waals surface area contributed by atoms with E-state index in [-0.39, 0.29) is 17.4 Å². The first-order valence-electron chi connectivity index (χ1n) is 11.8. The zero-order valence-corrected chi connectivity index (χ0v) is 20.9. The van der Waals surface area contributed by atoms with Gasteiger partial charge in [-0.15, -0.1) is 0 Å². The van der Waals surface area contributed by atoms with Gasteiger partial charge in [0.25, 0.3) is 0 Å².